The number of carbonyl (C=O) groups excluding carboxylic acids is 1. The number of aliphatic hydroxyl groups is 1. The van der Waals surface area contributed by atoms with Crippen molar-refractivity contribution < 1.29 is 14.6 Å². The van der Waals surface area contributed by atoms with Crippen molar-refractivity contribution in [1.82, 2.24) is 0 Å². The Kier molecular flexibility index (Phi) is 7.52. The normalized spacial score (nSPS) is 15.4. The molecule has 0 heterocycles. The van der Waals surface area contributed by atoms with Gasteiger partial charge in [0.05, 0.1) is 12.7 Å². The molecule has 2 atom stereocenters. The molecule has 0 aromatic carbocycles. The lowest BCUT2D eigenvalue weighted by Crippen LogP contribution is -2.19. The van der Waals surface area contributed by atoms with Crippen LogP contribution in [0.15, 0.2) is 12.2 Å². The average Bonchev–Trinajstić information content (AvgIpc) is 2.18. The molecule has 0 aliphatic carbocycles. The molecule has 0 aromatic rings. The van der Waals surface area contributed by atoms with E-state index in [4.69, 9.17) is 16.3 Å². The van der Waals surface area contributed by atoms with Gasteiger partial charge in [0.15, 0.2) is 0 Å². The second kappa shape index (κ2) is 7.83. The van der Waals surface area contributed by atoms with Gasteiger partial charge in [-0.15, -0.1) is 11.6 Å². The van der Waals surface area contributed by atoms with E-state index in [1.54, 1.807) is 13.0 Å². The van der Waals surface area contributed by atoms with E-state index < -0.39 is 6.10 Å². The summed E-state index contributed by atoms with van der Waals surface area (Å²) < 4.78 is 4.71. The number of ether oxygens (including phenoxy) is 1. The second-order valence-corrected chi connectivity index (χ2v) is 3.21. The Bertz CT molecular complexity index is 192. The SMILES string of the molecule is CCOC(=O)C=C[C@@H](CC)[C@@H](O)CCl. The highest BCUT2D eigenvalue weighted by molar-refractivity contribution is 6.18. The Morgan fingerprint density at radius 1 is 1.57 bits per heavy atom. The van der Waals surface area contributed by atoms with Crippen molar-refractivity contribution >= 4 is 17.6 Å². The average molecular weight is 221 g/mol. The van der Waals surface area contributed by atoms with Crippen molar-refractivity contribution in [2.24, 2.45) is 5.92 Å². The molecule has 1 N–H and O–H groups in total. The van der Waals surface area contributed by atoms with Crippen LogP contribution in [0.5, 0.6) is 0 Å². The summed E-state index contributed by atoms with van der Waals surface area (Å²) in [6.07, 6.45) is 3.12. The van der Waals surface area contributed by atoms with Crippen molar-refractivity contribution in [3.05, 3.63) is 12.2 Å². The van der Waals surface area contributed by atoms with E-state index in [1.807, 2.05) is 6.92 Å². The molecule has 82 valence electrons. The van der Waals surface area contributed by atoms with Crippen molar-refractivity contribution in [1.29, 1.82) is 0 Å². The van der Waals surface area contributed by atoms with E-state index in [0.29, 0.717) is 6.61 Å². The van der Waals surface area contributed by atoms with Crippen molar-refractivity contribution in [2.75, 3.05) is 12.5 Å². The molecule has 0 amide bonds. The molecule has 3 nitrogen and oxygen atoms in total. The molecule has 0 fully saturated rings. The van der Waals surface area contributed by atoms with Gasteiger partial charge in [-0.05, 0) is 13.3 Å². The maximum atomic E-state index is 11.0. The molecular weight excluding hydrogens is 204 g/mol. The summed E-state index contributed by atoms with van der Waals surface area (Å²) >= 11 is 5.50. The Hall–Kier alpha value is -0.540. The van der Waals surface area contributed by atoms with E-state index in [0.717, 1.165) is 6.42 Å². The van der Waals surface area contributed by atoms with Gasteiger partial charge in [-0.3, -0.25) is 0 Å². The Balaban J connectivity index is 4.09. The zero-order valence-electron chi connectivity index (χ0n) is 8.57. The number of rotatable bonds is 6. The van der Waals surface area contributed by atoms with E-state index in [9.17, 15) is 9.90 Å². The highest BCUT2D eigenvalue weighted by Gasteiger charge is 2.13. The summed E-state index contributed by atoms with van der Waals surface area (Å²) in [7, 11) is 0. The Morgan fingerprint density at radius 2 is 2.21 bits per heavy atom. The fraction of sp³-hybridized carbons (Fsp3) is 0.700. The van der Waals surface area contributed by atoms with Gasteiger partial charge in [0, 0.05) is 17.9 Å². The molecule has 14 heavy (non-hydrogen) atoms. The summed E-state index contributed by atoms with van der Waals surface area (Å²) in [4.78, 5) is 11.0. The van der Waals surface area contributed by atoms with Crippen molar-refractivity contribution in [3.8, 4) is 0 Å². The third-order valence-electron chi connectivity index (χ3n) is 1.89. The van der Waals surface area contributed by atoms with E-state index in [1.165, 1.54) is 6.08 Å². The van der Waals surface area contributed by atoms with Gasteiger partial charge in [-0.25, -0.2) is 4.79 Å². The number of carbonyl (C=O) groups is 1. The number of hydrogen-bond donors (Lipinski definition) is 1. The van der Waals surface area contributed by atoms with Gasteiger partial charge in [-0.1, -0.05) is 13.0 Å². The van der Waals surface area contributed by atoms with Crippen molar-refractivity contribution in [3.63, 3.8) is 0 Å². The number of aliphatic hydroxyl groups excluding tert-OH is 1. The lowest BCUT2D eigenvalue weighted by atomic mass is 10.0. The number of alkyl halides is 1. The minimum atomic E-state index is -0.604. The third-order valence-corrected chi connectivity index (χ3v) is 2.21. The number of hydrogen-bond acceptors (Lipinski definition) is 3. The summed E-state index contributed by atoms with van der Waals surface area (Å²) in [5.74, 6) is -0.296. The Morgan fingerprint density at radius 3 is 2.64 bits per heavy atom. The van der Waals surface area contributed by atoms with E-state index in [2.05, 4.69) is 0 Å². The summed E-state index contributed by atoms with van der Waals surface area (Å²) in [5, 5.41) is 9.43. The van der Waals surface area contributed by atoms with Gasteiger partial charge in [0.1, 0.15) is 0 Å². The zero-order chi connectivity index (χ0) is 11.0. The van der Waals surface area contributed by atoms with Crippen LogP contribution in [-0.2, 0) is 9.53 Å². The molecule has 0 bridgehead atoms. The molecular formula is C10H17ClO3. The minimum absolute atomic E-state index is 0.0862. The van der Waals surface area contributed by atoms with E-state index in [-0.39, 0.29) is 17.8 Å². The number of esters is 1. The van der Waals surface area contributed by atoms with Crippen LogP contribution in [0.1, 0.15) is 20.3 Å². The zero-order valence-corrected chi connectivity index (χ0v) is 9.33. The smallest absolute Gasteiger partial charge is 0.330 e. The van der Waals surface area contributed by atoms with Crippen molar-refractivity contribution in [2.45, 2.75) is 26.4 Å². The second-order valence-electron chi connectivity index (χ2n) is 2.90. The molecule has 0 aliphatic heterocycles. The fourth-order valence-electron chi connectivity index (χ4n) is 1.04. The fourth-order valence-corrected chi connectivity index (χ4v) is 1.27. The van der Waals surface area contributed by atoms with Gasteiger partial charge in [0.2, 0.25) is 0 Å². The van der Waals surface area contributed by atoms with E-state index >= 15 is 0 Å². The molecule has 0 rings (SSSR count). The standard InChI is InChI=1S/C10H17ClO3/c1-3-8(9(12)7-11)5-6-10(13)14-4-2/h5-6,8-9,12H,3-4,7H2,1-2H3/t8-,9+/m1/s1. The van der Waals surface area contributed by atoms with Crippen LogP contribution in [0.4, 0.5) is 0 Å². The third kappa shape index (κ3) is 5.25. The van der Waals surface area contributed by atoms with Gasteiger partial charge >= 0.3 is 5.97 Å². The summed E-state index contributed by atoms with van der Waals surface area (Å²) in [6.45, 7) is 4.03. The lowest BCUT2D eigenvalue weighted by molar-refractivity contribution is -0.137. The molecule has 0 aromatic heterocycles. The molecule has 0 radical (unpaired) electrons. The van der Waals surface area contributed by atoms with Crippen LogP contribution < -0.4 is 0 Å². The maximum Gasteiger partial charge on any atom is 0.330 e. The van der Waals surface area contributed by atoms with Crippen LogP contribution in [0, 0.1) is 5.92 Å². The predicted molar refractivity (Wildman–Crippen MR) is 56.3 cm³/mol. The van der Waals surface area contributed by atoms with Gasteiger partial charge in [0.25, 0.3) is 0 Å². The largest absolute Gasteiger partial charge is 0.463 e. The molecule has 0 spiro atoms. The lowest BCUT2D eigenvalue weighted by Gasteiger charge is -2.14. The summed E-state index contributed by atoms with van der Waals surface area (Å²) in [5.41, 5.74) is 0. The maximum absolute atomic E-state index is 11.0. The van der Waals surface area contributed by atoms with Crippen LogP contribution in [0.2, 0.25) is 0 Å². The first kappa shape index (κ1) is 13.5. The molecule has 0 unspecified atom stereocenters. The first-order valence-corrected chi connectivity index (χ1v) is 5.28. The first-order valence-electron chi connectivity index (χ1n) is 4.74. The molecule has 0 saturated carbocycles. The minimum Gasteiger partial charge on any atom is -0.463 e. The quantitative estimate of drug-likeness (QED) is 0.421. The Labute approximate surface area is 89.7 Å². The topological polar surface area (TPSA) is 46.5 Å². The highest BCUT2D eigenvalue weighted by Crippen LogP contribution is 2.11. The van der Waals surface area contributed by atoms with Gasteiger partial charge < -0.3 is 9.84 Å². The molecule has 0 saturated heterocycles. The first-order chi connectivity index (χ1) is 6.65. The van der Waals surface area contributed by atoms with Crippen LogP contribution in [0.3, 0.4) is 0 Å². The molecule has 4 heteroatoms. The predicted octanol–water partition coefficient (Wildman–Crippen LogP) is 1.73. The van der Waals surface area contributed by atoms with Gasteiger partial charge in [-0.2, -0.15) is 0 Å². The molecule has 0 aliphatic rings. The number of halogens is 1. The summed E-state index contributed by atoms with van der Waals surface area (Å²) in [6, 6.07) is 0. The van der Waals surface area contributed by atoms with Crippen LogP contribution >= 0.6 is 11.6 Å². The highest BCUT2D eigenvalue weighted by atomic mass is 35.5. The van der Waals surface area contributed by atoms with Crippen LogP contribution in [-0.4, -0.2) is 29.7 Å². The monoisotopic (exact) mass is 220 g/mol. The van der Waals surface area contributed by atoms with Crippen LogP contribution in [0.25, 0.3) is 0 Å².